The topological polar surface area (TPSA) is 90.4 Å². The number of carboxylic acid groups (broad SMARTS) is 1. The van der Waals surface area contributed by atoms with Crippen LogP contribution in [0.2, 0.25) is 0 Å². The van der Waals surface area contributed by atoms with E-state index in [1.165, 1.54) is 6.92 Å². The predicted molar refractivity (Wildman–Crippen MR) is 89.2 cm³/mol. The molecule has 1 aromatic heterocycles. The van der Waals surface area contributed by atoms with Crippen molar-refractivity contribution in [3.8, 4) is 0 Å². The van der Waals surface area contributed by atoms with Crippen molar-refractivity contribution < 1.29 is 19.4 Å². The van der Waals surface area contributed by atoms with Crippen LogP contribution < -0.4 is 5.44 Å². The van der Waals surface area contributed by atoms with Gasteiger partial charge in [-0.1, -0.05) is 48.5 Å². The highest BCUT2D eigenvalue weighted by Gasteiger charge is 2.53. The van der Waals surface area contributed by atoms with Crippen molar-refractivity contribution >= 4 is 29.7 Å². The maximum atomic E-state index is 13.2. The molecule has 0 saturated carbocycles. The van der Waals surface area contributed by atoms with Crippen LogP contribution in [0.4, 0.5) is 0 Å². The average molecular weight is 329 g/mol. The summed E-state index contributed by atoms with van der Waals surface area (Å²) in [5.74, 6) is -1.34. The molecule has 0 aliphatic rings. The normalized spacial score (nSPS) is 16.6. The fourth-order valence-corrected chi connectivity index (χ4v) is 4.48. The lowest BCUT2D eigenvalue weighted by molar-refractivity contribution is -0.140. The smallest absolute Gasteiger partial charge is 0.324 e. The van der Waals surface area contributed by atoms with Crippen LogP contribution >= 0.6 is 7.37 Å². The first-order valence-corrected chi connectivity index (χ1v) is 8.73. The highest BCUT2D eigenvalue weighted by Crippen LogP contribution is 2.59. The number of rotatable bonds is 4. The van der Waals surface area contributed by atoms with Crippen molar-refractivity contribution in [2.75, 3.05) is 0 Å². The van der Waals surface area contributed by atoms with Gasteiger partial charge in [0.15, 0.2) is 5.16 Å². The van der Waals surface area contributed by atoms with E-state index < -0.39 is 18.5 Å². The molecule has 3 rings (SSSR count). The maximum Gasteiger partial charge on any atom is 0.324 e. The standard InChI is InChI=1S/C17H16NO4P/c1-17(16(19)20,13-8-3-2-4-9-13)23(21,22)15-11-12-7-5-6-10-14(12)18-15/h2-11,18H,1H3,(H,19,20)(H,21,22). The van der Waals surface area contributed by atoms with E-state index >= 15 is 0 Å². The minimum Gasteiger partial charge on any atom is -0.480 e. The average Bonchev–Trinajstić information content (AvgIpc) is 2.99. The van der Waals surface area contributed by atoms with Gasteiger partial charge in [-0.15, -0.1) is 0 Å². The van der Waals surface area contributed by atoms with Gasteiger partial charge in [0.2, 0.25) is 0 Å². The molecule has 2 unspecified atom stereocenters. The second-order valence-corrected chi connectivity index (χ2v) is 8.09. The molecule has 0 saturated heterocycles. The van der Waals surface area contributed by atoms with Gasteiger partial charge in [0.1, 0.15) is 5.44 Å². The Balaban J connectivity index is 2.22. The van der Waals surface area contributed by atoms with E-state index in [1.54, 1.807) is 54.6 Å². The lowest BCUT2D eigenvalue weighted by atomic mass is 10.0. The molecule has 3 N–H and O–H groups in total. The van der Waals surface area contributed by atoms with Gasteiger partial charge in [-0.3, -0.25) is 9.36 Å². The van der Waals surface area contributed by atoms with E-state index in [0.717, 1.165) is 5.39 Å². The molecule has 3 aromatic rings. The zero-order chi connectivity index (χ0) is 16.7. The highest BCUT2D eigenvalue weighted by molar-refractivity contribution is 7.67. The van der Waals surface area contributed by atoms with Crippen molar-refractivity contribution in [1.29, 1.82) is 0 Å². The lowest BCUT2D eigenvalue weighted by Gasteiger charge is -2.29. The number of aromatic amines is 1. The van der Waals surface area contributed by atoms with Gasteiger partial charge < -0.3 is 15.0 Å². The van der Waals surface area contributed by atoms with E-state index in [1.807, 2.05) is 6.07 Å². The van der Waals surface area contributed by atoms with Crippen LogP contribution in [0.1, 0.15) is 12.5 Å². The minimum absolute atomic E-state index is 0.0347. The van der Waals surface area contributed by atoms with Crippen molar-refractivity contribution in [2.24, 2.45) is 0 Å². The first kappa shape index (κ1) is 15.5. The van der Waals surface area contributed by atoms with Gasteiger partial charge in [-0.25, -0.2) is 0 Å². The van der Waals surface area contributed by atoms with Crippen LogP contribution in [-0.2, 0) is 14.5 Å². The molecule has 118 valence electrons. The van der Waals surface area contributed by atoms with Crippen molar-refractivity contribution in [3.05, 3.63) is 66.2 Å². The molecule has 0 aliphatic heterocycles. The number of carboxylic acids is 1. The molecule has 2 aromatic carbocycles. The number of aromatic nitrogens is 1. The largest absolute Gasteiger partial charge is 0.480 e. The van der Waals surface area contributed by atoms with E-state index in [4.69, 9.17) is 0 Å². The number of benzene rings is 2. The SMILES string of the molecule is CC(C(=O)O)(c1ccccc1)P(=O)(O)c1cc2ccccc2[nH]1. The number of nitrogens with one attached hydrogen (secondary N) is 1. The van der Waals surface area contributed by atoms with Gasteiger partial charge >= 0.3 is 5.97 Å². The fraction of sp³-hybridized carbons (Fsp3) is 0.118. The monoisotopic (exact) mass is 329 g/mol. The van der Waals surface area contributed by atoms with Crippen molar-refractivity contribution in [1.82, 2.24) is 4.98 Å². The van der Waals surface area contributed by atoms with Gasteiger partial charge in [0.25, 0.3) is 7.37 Å². The molecule has 0 radical (unpaired) electrons. The third-order valence-corrected chi connectivity index (χ3v) is 6.76. The number of hydrogen-bond donors (Lipinski definition) is 3. The molecule has 0 aliphatic carbocycles. The van der Waals surface area contributed by atoms with Crippen LogP contribution in [-0.4, -0.2) is 21.0 Å². The zero-order valence-electron chi connectivity index (χ0n) is 12.4. The molecular formula is C17H16NO4P. The third-order valence-electron chi connectivity index (χ3n) is 4.20. The summed E-state index contributed by atoms with van der Waals surface area (Å²) in [6.07, 6.45) is 0. The second kappa shape index (κ2) is 5.37. The van der Waals surface area contributed by atoms with Gasteiger partial charge in [0, 0.05) is 10.9 Å². The summed E-state index contributed by atoms with van der Waals surface area (Å²) >= 11 is 0. The Morgan fingerprint density at radius 1 is 1.09 bits per heavy atom. The summed E-state index contributed by atoms with van der Waals surface area (Å²) in [4.78, 5) is 25.6. The summed E-state index contributed by atoms with van der Waals surface area (Å²) in [6.45, 7) is 1.29. The van der Waals surface area contributed by atoms with Crippen molar-refractivity contribution in [3.63, 3.8) is 0 Å². The molecule has 0 fully saturated rings. The molecule has 6 heteroatoms. The van der Waals surface area contributed by atoms with Crippen LogP contribution in [0.3, 0.4) is 0 Å². The van der Waals surface area contributed by atoms with E-state index in [2.05, 4.69) is 4.98 Å². The molecular weight excluding hydrogens is 313 g/mol. The third kappa shape index (κ3) is 2.29. The molecule has 0 amide bonds. The molecule has 0 bridgehead atoms. The van der Waals surface area contributed by atoms with E-state index in [-0.39, 0.29) is 11.0 Å². The first-order valence-electron chi connectivity index (χ1n) is 7.07. The summed E-state index contributed by atoms with van der Waals surface area (Å²) in [5.41, 5.74) is 1.02. The van der Waals surface area contributed by atoms with Gasteiger partial charge in [-0.05, 0) is 24.6 Å². The predicted octanol–water partition coefficient (Wildman–Crippen LogP) is 3.06. The number of hydrogen-bond acceptors (Lipinski definition) is 2. The van der Waals surface area contributed by atoms with Gasteiger partial charge in [-0.2, -0.15) is 0 Å². The highest BCUT2D eigenvalue weighted by atomic mass is 31.2. The number of fused-ring (bicyclic) bond motifs is 1. The lowest BCUT2D eigenvalue weighted by Crippen LogP contribution is -2.36. The Bertz CT molecular complexity index is 886. The van der Waals surface area contributed by atoms with E-state index in [0.29, 0.717) is 5.52 Å². The Morgan fingerprint density at radius 3 is 2.30 bits per heavy atom. The van der Waals surface area contributed by atoms with Crippen molar-refractivity contribution in [2.45, 2.75) is 12.1 Å². The summed E-state index contributed by atoms with van der Waals surface area (Å²) in [7, 11) is -4.27. The number of aliphatic carboxylic acids is 1. The fourth-order valence-electron chi connectivity index (χ4n) is 2.65. The summed E-state index contributed by atoms with van der Waals surface area (Å²) < 4.78 is 13.2. The van der Waals surface area contributed by atoms with Crippen LogP contribution in [0.25, 0.3) is 10.9 Å². The summed E-state index contributed by atoms with van der Waals surface area (Å²) in [5, 5.41) is 8.54. The molecule has 23 heavy (non-hydrogen) atoms. The number of H-pyrrole nitrogens is 1. The molecule has 1 heterocycles. The van der Waals surface area contributed by atoms with Crippen LogP contribution in [0.5, 0.6) is 0 Å². The first-order chi connectivity index (χ1) is 10.9. The quantitative estimate of drug-likeness (QED) is 0.642. The van der Waals surface area contributed by atoms with E-state index in [9.17, 15) is 19.4 Å². The Kier molecular flexibility index (Phi) is 3.63. The summed E-state index contributed by atoms with van der Waals surface area (Å²) in [6, 6.07) is 16.9. The second-order valence-electron chi connectivity index (χ2n) is 5.56. The van der Waals surface area contributed by atoms with Crippen LogP contribution in [0.15, 0.2) is 60.7 Å². The molecule has 2 atom stereocenters. The molecule has 0 spiro atoms. The molecule has 5 nitrogen and oxygen atoms in total. The Hall–Kier alpha value is -2.36. The number of carbonyl (C=O) groups is 1. The maximum absolute atomic E-state index is 13.2. The van der Waals surface area contributed by atoms with Gasteiger partial charge in [0.05, 0.1) is 0 Å². The Morgan fingerprint density at radius 2 is 1.70 bits per heavy atom. The minimum atomic E-state index is -4.27. The zero-order valence-corrected chi connectivity index (χ0v) is 13.3. The van der Waals surface area contributed by atoms with Crippen LogP contribution in [0, 0.1) is 0 Å². The Labute approximate surface area is 133 Å². The number of para-hydroxylation sites is 1.